The van der Waals surface area contributed by atoms with Crippen molar-refractivity contribution in [2.75, 3.05) is 18.7 Å². The first kappa shape index (κ1) is 19.9. The van der Waals surface area contributed by atoms with Gasteiger partial charge in [-0.1, -0.05) is 18.7 Å². The third-order valence-corrected chi connectivity index (χ3v) is 4.28. The molecule has 0 unspecified atom stereocenters. The number of methoxy groups -OCH3 is 1. The molecule has 0 spiro atoms. The summed E-state index contributed by atoms with van der Waals surface area (Å²) in [5.41, 5.74) is 2.39. The molecule has 0 aliphatic carbocycles. The van der Waals surface area contributed by atoms with Gasteiger partial charge in [0.1, 0.15) is 6.61 Å². The lowest BCUT2D eigenvalue weighted by molar-refractivity contribution is -0.114. The lowest BCUT2D eigenvalue weighted by Crippen LogP contribution is -2.21. The van der Waals surface area contributed by atoms with Crippen molar-refractivity contribution in [2.45, 2.75) is 6.92 Å². The fourth-order valence-electron chi connectivity index (χ4n) is 2.81. The number of carbonyl (C=O) groups excluding carboxylic acids is 1. The Hall–Kier alpha value is -3.87. The molecule has 7 heteroatoms. The van der Waals surface area contributed by atoms with Crippen molar-refractivity contribution in [1.82, 2.24) is 0 Å². The van der Waals surface area contributed by atoms with Crippen LogP contribution in [0, 0.1) is 0 Å². The Morgan fingerprint density at radius 1 is 1.21 bits per heavy atom. The normalized spacial score (nSPS) is 14.7. The van der Waals surface area contributed by atoms with Gasteiger partial charge < -0.3 is 14.6 Å². The van der Waals surface area contributed by atoms with E-state index >= 15 is 0 Å². The Kier molecular flexibility index (Phi) is 5.78. The van der Waals surface area contributed by atoms with E-state index in [2.05, 4.69) is 11.7 Å². The van der Waals surface area contributed by atoms with E-state index in [1.165, 1.54) is 17.1 Å². The lowest BCUT2D eigenvalue weighted by Gasteiger charge is -2.12. The van der Waals surface area contributed by atoms with Gasteiger partial charge in [-0.3, -0.25) is 4.79 Å². The molecule has 7 nitrogen and oxygen atoms in total. The van der Waals surface area contributed by atoms with Gasteiger partial charge in [-0.05, 0) is 55.0 Å². The van der Waals surface area contributed by atoms with Crippen LogP contribution in [-0.2, 0) is 4.79 Å². The molecule has 1 aliphatic heterocycles. The standard InChI is InChI=1S/C22H20N2O5/c1-4-11-29-19-10-5-15(13-20(19)28-3)12-18-14(2)23-24(21(18)25)17-8-6-16(7-9-17)22(26)27/h4-10,12-13H,1,11H2,2-3H3,(H,26,27)/b18-12-. The zero-order valence-electron chi connectivity index (χ0n) is 16.1. The van der Waals surface area contributed by atoms with Crippen LogP contribution in [0.2, 0.25) is 0 Å². The summed E-state index contributed by atoms with van der Waals surface area (Å²) < 4.78 is 10.9. The number of carbonyl (C=O) groups is 2. The van der Waals surface area contributed by atoms with Crippen LogP contribution in [0.1, 0.15) is 22.8 Å². The van der Waals surface area contributed by atoms with Crippen LogP contribution in [0.4, 0.5) is 5.69 Å². The molecule has 148 valence electrons. The molecule has 0 saturated carbocycles. The zero-order valence-corrected chi connectivity index (χ0v) is 16.1. The summed E-state index contributed by atoms with van der Waals surface area (Å²) in [5, 5.41) is 14.6. The molecular formula is C22H20N2O5. The summed E-state index contributed by atoms with van der Waals surface area (Å²) in [6.07, 6.45) is 3.37. The molecule has 0 atom stereocenters. The van der Waals surface area contributed by atoms with E-state index in [1.54, 1.807) is 50.5 Å². The van der Waals surface area contributed by atoms with Crippen LogP contribution in [0.15, 0.2) is 65.8 Å². The predicted molar refractivity (Wildman–Crippen MR) is 111 cm³/mol. The van der Waals surface area contributed by atoms with Crippen molar-refractivity contribution >= 4 is 29.4 Å². The molecule has 1 aliphatic rings. The van der Waals surface area contributed by atoms with Crippen LogP contribution >= 0.6 is 0 Å². The fourth-order valence-corrected chi connectivity index (χ4v) is 2.81. The summed E-state index contributed by atoms with van der Waals surface area (Å²) in [5.74, 6) is -0.198. The number of hydrogen-bond acceptors (Lipinski definition) is 5. The number of nitrogens with zero attached hydrogens (tertiary/aromatic N) is 2. The Bertz CT molecular complexity index is 1020. The number of carboxylic acids is 1. The number of anilines is 1. The minimum absolute atomic E-state index is 0.141. The first-order valence-corrected chi connectivity index (χ1v) is 8.81. The molecular weight excluding hydrogens is 372 g/mol. The quantitative estimate of drug-likeness (QED) is 0.572. The van der Waals surface area contributed by atoms with Gasteiger partial charge in [-0.25, -0.2) is 4.79 Å². The first-order valence-electron chi connectivity index (χ1n) is 8.81. The number of carboxylic acid groups (broad SMARTS) is 1. The van der Waals surface area contributed by atoms with E-state index in [4.69, 9.17) is 14.6 Å². The zero-order chi connectivity index (χ0) is 21.0. The van der Waals surface area contributed by atoms with Crippen molar-refractivity contribution in [2.24, 2.45) is 5.10 Å². The van der Waals surface area contributed by atoms with Gasteiger partial charge in [0.25, 0.3) is 5.91 Å². The van der Waals surface area contributed by atoms with Gasteiger partial charge in [0, 0.05) is 0 Å². The summed E-state index contributed by atoms with van der Waals surface area (Å²) in [4.78, 5) is 23.9. The van der Waals surface area contributed by atoms with Crippen molar-refractivity contribution in [3.63, 3.8) is 0 Å². The average Bonchev–Trinajstić information content (AvgIpc) is 3.01. The molecule has 0 aromatic heterocycles. The highest BCUT2D eigenvalue weighted by Gasteiger charge is 2.28. The topological polar surface area (TPSA) is 88.4 Å². The Balaban J connectivity index is 1.87. The van der Waals surface area contributed by atoms with E-state index in [-0.39, 0.29) is 11.5 Å². The highest BCUT2D eigenvalue weighted by atomic mass is 16.5. The molecule has 1 heterocycles. The van der Waals surface area contributed by atoms with Crippen LogP contribution in [0.3, 0.4) is 0 Å². The minimum atomic E-state index is -1.03. The third kappa shape index (κ3) is 4.19. The van der Waals surface area contributed by atoms with Crippen molar-refractivity contribution in [1.29, 1.82) is 0 Å². The van der Waals surface area contributed by atoms with Gasteiger partial charge in [-0.2, -0.15) is 10.1 Å². The highest BCUT2D eigenvalue weighted by molar-refractivity contribution is 6.32. The maximum atomic E-state index is 12.9. The number of amides is 1. The number of ether oxygens (including phenoxy) is 2. The van der Waals surface area contributed by atoms with Gasteiger partial charge in [0.05, 0.1) is 29.6 Å². The molecule has 2 aromatic rings. The van der Waals surface area contributed by atoms with Gasteiger partial charge in [0.2, 0.25) is 0 Å². The Morgan fingerprint density at radius 2 is 1.93 bits per heavy atom. The van der Waals surface area contributed by atoms with Gasteiger partial charge in [0.15, 0.2) is 11.5 Å². The molecule has 1 amide bonds. The second-order valence-electron chi connectivity index (χ2n) is 6.22. The molecule has 1 N–H and O–H groups in total. The van der Waals surface area contributed by atoms with E-state index in [9.17, 15) is 9.59 Å². The lowest BCUT2D eigenvalue weighted by atomic mass is 10.1. The first-order chi connectivity index (χ1) is 13.9. The smallest absolute Gasteiger partial charge is 0.335 e. The van der Waals surface area contributed by atoms with E-state index in [0.29, 0.717) is 35.1 Å². The van der Waals surface area contributed by atoms with Crippen LogP contribution in [-0.4, -0.2) is 36.4 Å². The van der Waals surface area contributed by atoms with Crippen LogP contribution in [0.25, 0.3) is 6.08 Å². The summed E-state index contributed by atoms with van der Waals surface area (Å²) >= 11 is 0. The van der Waals surface area contributed by atoms with Gasteiger partial charge in [-0.15, -0.1) is 0 Å². The minimum Gasteiger partial charge on any atom is -0.493 e. The second kappa shape index (κ2) is 8.43. The molecule has 2 aromatic carbocycles. The number of benzene rings is 2. The number of hydrogen-bond donors (Lipinski definition) is 1. The van der Waals surface area contributed by atoms with E-state index in [0.717, 1.165) is 5.56 Å². The molecule has 0 fully saturated rings. The average molecular weight is 392 g/mol. The SMILES string of the molecule is C=CCOc1ccc(/C=C2\C(=O)N(c3ccc(C(=O)O)cc3)N=C2C)cc1OC. The van der Waals surface area contributed by atoms with E-state index in [1.807, 2.05) is 6.07 Å². The molecule has 0 bridgehead atoms. The van der Waals surface area contributed by atoms with E-state index < -0.39 is 5.97 Å². The number of aromatic carboxylic acids is 1. The van der Waals surface area contributed by atoms with Crippen molar-refractivity contribution in [3.05, 3.63) is 71.8 Å². The Labute approximate surface area is 168 Å². The maximum Gasteiger partial charge on any atom is 0.335 e. The largest absolute Gasteiger partial charge is 0.493 e. The second-order valence-corrected chi connectivity index (χ2v) is 6.22. The Morgan fingerprint density at radius 3 is 2.55 bits per heavy atom. The number of hydrazone groups is 1. The predicted octanol–water partition coefficient (Wildman–Crippen LogP) is 3.76. The van der Waals surface area contributed by atoms with Gasteiger partial charge >= 0.3 is 5.97 Å². The highest BCUT2D eigenvalue weighted by Crippen LogP contribution is 2.30. The molecule has 3 rings (SSSR count). The summed E-state index contributed by atoms with van der Waals surface area (Å²) in [6, 6.07) is 11.3. The molecule has 0 radical (unpaired) electrons. The maximum absolute atomic E-state index is 12.9. The summed E-state index contributed by atoms with van der Waals surface area (Å²) in [6.45, 7) is 5.72. The molecule has 29 heavy (non-hydrogen) atoms. The third-order valence-electron chi connectivity index (χ3n) is 4.28. The van der Waals surface area contributed by atoms with Crippen molar-refractivity contribution in [3.8, 4) is 11.5 Å². The monoisotopic (exact) mass is 392 g/mol. The molecule has 0 saturated heterocycles. The number of rotatable bonds is 7. The van der Waals surface area contributed by atoms with Crippen molar-refractivity contribution < 1.29 is 24.2 Å². The summed E-state index contributed by atoms with van der Waals surface area (Å²) in [7, 11) is 1.54. The van der Waals surface area contributed by atoms with Crippen LogP contribution in [0.5, 0.6) is 11.5 Å². The van der Waals surface area contributed by atoms with Crippen LogP contribution < -0.4 is 14.5 Å². The fraction of sp³-hybridized carbons (Fsp3) is 0.136.